The van der Waals surface area contributed by atoms with E-state index < -0.39 is 6.10 Å². The van der Waals surface area contributed by atoms with Gasteiger partial charge in [0.1, 0.15) is 16.8 Å². The van der Waals surface area contributed by atoms with Crippen LogP contribution in [0, 0.1) is 6.92 Å². The Balaban J connectivity index is 2.20. The molecule has 1 aromatic rings. The summed E-state index contributed by atoms with van der Waals surface area (Å²) in [6.07, 6.45) is 1.89. The van der Waals surface area contributed by atoms with E-state index >= 15 is 0 Å². The topological polar surface area (TPSA) is 58.0 Å². The summed E-state index contributed by atoms with van der Waals surface area (Å²) in [5.41, 5.74) is 0.840. The predicted octanol–water partition coefficient (Wildman–Crippen LogP) is 2.11. The normalized spacial score (nSPS) is 17.2. The van der Waals surface area contributed by atoms with Crippen LogP contribution in [0.15, 0.2) is 0 Å². The standard InChI is InChI=1S/C11H16ClN3O/c1-6(16)5-13-10-7(2)9(12)14-11(15-10)8-3-4-8/h6,8,16H,3-5H2,1-2H3,(H,13,14,15). The van der Waals surface area contributed by atoms with Crippen LogP contribution in [0.4, 0.5) is 5.82 Å². The summed E-state index contributed by atoms with van der Waals surface area (Å²) < 4.78 is 0. The van der Waals surface area contributed by atoms with E-state index in [4.69, 9.17) is 11.6 Å². The maximum atomic E-state index is 9.23. The van der Waals surface area contributed by atoms with Gasteiger partial charge in [-0.2, -0.15) is 0 Å². The van der Waals surface area contributed by atoms with Crippen molar-refractivity contribution < 1.29 is 5.11 Å². The molecule has 0 bridgehead atoms. The van der Waals surface area contributed by atoms with Gasteiger partial charge in [0.2, 0.25) is 0 Å². The fraction of sp³-hybridized carbons (Fsp3) is 0.636. The van der Waals surface area contributed by atoms with Crippen molar-refractivity contribution in [1.82, 2.24) is 9.97 Å². The smallest absolute Gasteiger partial charge is 0.137 e. The molecule has 5 heteroatoms. The Hall–Kier alpha value is -0.870. The molecule has 1 aromatic heterocycles. The molecule has 1 saturated carbocycles. The van der Waals surface area contributed by atoms with Crippen molar-refractivity contribution in [3.63, 3.8) is 0 Å². The van der Waals surface area contributed by atoms with Crippen molar-refractivity contribution in [3.05, 3.63) is 16.5 Å². The Labute approximate surface area is 100 Å². The first-order chi connectivity index (χ1) is 7.58. The Morgan fingerprint density at radius 2 is 2.19 bits per heavy atom. The maximum Gasteiger partial charge on any atom is 0.137 e. The van der Waals surface area contributed by atoms with E-state index in [1.54, 1.807) is 6.92 Å². The summed E-state index contributed by atoms with van der Waals surface area (Å²) in [6.45, 7) is 4.08. The van der Waals surface area contributed by atoms with Crippen LogP contribution in [-0.4, -0.2) is 27.7 Å². The second kappa shape index (κ2) is 4.55. The van der Waals surface area contributed by atoms with Crippen LogP contribution >= 0.6 is 11.6 Å². The highest BCUT2D eigenvalue weighted by atomic mass is 35.5. The van der Waals surface area contributed by atoms with Crippen LogP contribution in [0.1, 0.15) is 37.1 Å². The van der Waals surface area contributed by atoms with E-state index in [0.29, 0.717) is 17.6 Å². The zero-order chi connectivity index (χ0) is 11.7. The average Bonchev–Trinajstić information content (AvgIpc) is 3.03. The van der Waals surface area contributed by atoms with E-state index in [-0.39, 0.29) is 0 Å². The molecule has 0 saturated heterocycles. The van der Waals surface area contributed by atoms with Crippen LogP contribution in [0.3, 0.4) is 0 Å². The SMILES string of the molecule is Cc1c(Cl)nc(C2CC2)nc1NCC(C)O. The number of rotatable bonds is 4. The molecule has 1 heterocycles. The molecular weight excluding hydrogens is 226 g/mol. The largest absolute Gasteiger partial charge is 0.392 e. The van der Waals surface area contributed by atoms with Crippen LogP contribution in [0.2, 0.25) is 5.15 Å². The number of aliphatic hydroxyl groups is 1. The summed E-state index contributed by atoms with van der Waals surface area (Å²) in [7, 11) is 0. The van der Waals surface area contributed by atoms with Gasteiger partial charge >= 0.3 is 0 Å². The molecule has 0 spiro atoms. The highest BCUT2D eigenvalue weighted by Crippen LogP contribution is 2.39. The van der Waals surface area contributed by atoms with Gasteiger partial charge in [0.05, 0.1) is 6.10 Å². The Morgan fingerprint density at radius 3 is 2.75 bits per heavy atom. The van der Waals surface area contributed by atoms with Gasteiger partial charge in [0.25, 0.3) is 0 Å². The van der Waals surface area contributed by atoms with Crippen molar-refractivity contribution in [2.24, 2.45) is 0 Å². The molecule has 0 amide bonds. The van der Waals surface area contributed by atoms with Gasteiger partial charge < -0.3 is 10.4 Å². The third-order valence-electron chi connectivity index (χ3n) is 2.61. The fourth-order valence-corrected chi connectivity index (χ4v) is 1.62. The van der Waals surface area contributed by atoms with Gasteiger partial charge in [-0.05, 0) is 26.7 Å². The number of aromatic nitrogens is 2. The van der Waals surface area contributed by atoms with Gasteiger partial charge in [-0.25, -0.2) is 9.97 Å². The van der Waals surface area contributed by atoms with Crippen molar-refractivity contribution in [3.8, 4) is 0 Å². The first kappa shape index (κ1) is 11.6. The number of nitrogens with one attached hydrogen (secondary N) is 1. The monoisotopic (exact) mass is 241 g/mol. The number of hydrogen-bond acceptors (Lipinski definition) is 4. The van der Waals surface area contributed by atoms with Crippen LogP contribution in [0.25, 0.3) is 0 Å². The molecule has 1 aliphatic rings. The number of anilines is 1. The summed E-state index contributed by atoms with van der Waals surface area (Å²) in [4.78, 5) is 8.72. The van der Waals surface area contributed by atoms with E-state index in [0.717, 1.165) is 30.0 Å². The first-order valence-corrected chi connectivity index (χ1v) is 5.91. The van der Waals surface area contributed by atoms with Crippen molar-refractivity contribution in [2.75, 3.05) is 11.9 Å². The lowest BCUT2D eigenvalue weighted by atomic mass is 10.3. The number of halogens is 1. The van der Waals surface area contributed by atoms with Crippen LogP contribution < -0.4 is 5.32 Å². The van der Waals surface area contributed by atoms with Crippen molar-refractivity contribution in [1.29, 1.82) is 0 Å². The molecule has 1 fully saturated rings. The zero-order valence-corrected chi connectivity index (χ0v) is 10.3. The van der Waals surface area contributed by atoms with Gasteiger partial charge in [-0.3, -0.25) is 0 Å². The molecule has 4 nitrogen and oxygen atoms in total. The highest BCUT2D eigenvalue weighted by molar-refractivity contribution is 6.30. The molecule has 1 aliphatic carbocycles. The molecule has 88 valence electrons. The van der Waals surface area contributed by atoms with Gasteiger partial charge in [-0.1, -0.05) is 11.6 Å². The molecule has 1 unspecified atom stereocenters. The molecule has 2 N–H and O–H groups in total. The van der Waals surface area contributed by atoms with E-state index in [1.807, 2.05) is 6.92 Å². The van der Waals surface area contributed by atoms with Crippen molar-refractivity contribution >= 4 is 17.4 Å². The molecule has 0 radical (unpaired) electrons. The Bertz CT molecular complexity index is 391. The third-order valence-corrected chi connectivity index (χ3v) is 2.98. The molecule has 0 aromatic carbocycles. The number of nitrogens with zero attached hydrogens (tertiary/aromatic N) is 2. The van der Waals surface area contributed by atoms with Gasteiger partial charge in [0, 0.05) is 18.0 Å². The third kappa shape index (κ3) is 2.62. The minimum atomic E-state index is -0.405. The molecule has 16 heavy (non-hydrogen) atoms. The highest BCUT2D eigenvalue weighted by Gasteiger charge is 2.27. The molecular formula is C11H16ClN3O. The number of aliphatic hydroxyl groups excluding tert-OH is 1. The summed E-state index contributed by atoms with van der Waals surface area (Å²) in [5.74, 6) is 2.04. The molecule has 2 rings (SSSR count). The fourth-order valence-electron chi connectivity index (χ4n) is 1.45. The van der Waals surface area contributed by atoms with Gasteiger partial charge in [0.15, 0.2) is 0 Å². The zero-order valence-electron chi connectivity index (χ0n) is 9.50. The van der Waals surface area contributed by atoms with E-state index in [1.165, 1.54) is 0 Å². The average molecular weight is 242 g/mol. The Kier molecular flexibility index (Phi) is 3.30. The van der Waals surface area contributed by atoms with Crippen LogP contribution in [0.5, 0.6) is 0 Å². The quantitative estimate of drug-likeness (QED) is 0.793. The molecule has 1 atom stereocenters. The summed E-state index contributed by atoms with van der Waals surface area (Å²) in [6, 6.07) is 0. The first-order valence-electron chi connectivity index (χ1n) is 5.54. The minimum Gasteiger partial charge on any atom is -0.392 e. The lowest BCUT2D eigenvalue weighted by Crippen LogP contribution is -2.17. The lowest BCUT2D eigenvalue weighted by molar-refractivity contribution is 0.208. The van der Waals surface area contributed by atoms with Crippen LogP contribution in [-0.2, 0) is 0 Å². The van der Waals surface area contributed by atoms with E-state index in [2.05, 4.69) is 15.3 Å². The Morgan fingerprint density at radius 1 is 1.50 bits per heavy atom. The van der Waals surface area contributed by atoms with Gasteiger partial charge in [-0.15, -0.1) is 0 Å². The minimum absolute atomic E-state index is 0.405. The summed E-state index contributed by atoms with van der Waals surface area (Å²) >= 11 is 6.05. The number of hydrogen-bond donors (Lipinski definition) is 2. The van der Waals surface area contributed by atoms with Crippen molar-refractivity contribution in [2.45, 2.75) is 38.7 Å². The predicted molar refractivity (Wildman–Crippen MR) is 63.9 cm³/mol. The maximum absolute atomic E-state index is 9.23. The second-order valence-corrected chi connectivity index (χ2v) is 4.71. The summed E-state index contributed by atoms with van der Waals surface area (Å²) in [5, 5.41) is 12.8. The lowest BCUT2D eigenvalue weighted by Gasteiger charge is -2.12. The van der Waals surface area contributed by atoms with E-state index in [9.17, 15) is 5.11 Å². The molecule has 0 aliphatic heterocycles. The second-order valence-electron chi connectivity index (χ2n) is 4.35.